The molecule has 0 unspecified atom stereocenters. The summed E-state index contributed by atoms with van der Waals surface area (Å²) in [5.41, 5.74) is 7.49. The van der Waals surface area contributed by atoms with Crippen molar-refractivity contribution >= 4 is 29.0 Å². The van der Waals surface area contributed by atoms with Crippen molar-refractivity contribution in [3.63, 3.8) is 0 Å². The molecule has 1 amide bonds. The molecule has 1 aliphatic rings. The molecule has 0 bridgehead atoms. The van der Waals surface area contributed by atoms with Crippen LogP contribution in [0.25, 0.3) is 0 Å². The third-order valence-electron chi connectivity index (χ3n) is 3.92. The first-order valence-corrected chi connectivity index (χ1v) is 9.02. The van der Waals surface area contributed by atoms with E-state index in [1.807, 2.05) is 40.8 Å². The molecule has 2 aromatic rings. The largest absolute Gasteiger partial charge is 0.336 e. The molecule has 0 radical (unpaired) electrons. The molecule has 1 aromatic heterocycles. The Labute approximate surface area is 133 Å². The number of thioether (sulfide) groups is 1. The lowest BCUT2D eigenvalue weighted by Gasteiger charge is -2.16. The van der Waals surface area contributed by atoms with Crippen LogP contribution < -0.4 is 5.73 Å². The zero-order valence-corrected chi connectivity index (χ0v) is 13.5. The lowest BCUT2D eigenvalue weighted by atomic mass is 9.95. The molecular weight excluding hydrogens is 300 g/mol. The van der Waals surface area contributed by atoms with Gasteiger partial charge in [-0.25, -0.2) is 0 Å². The minimum Gasteiger partial charge on any atom is -0.336 e. The Morgan fingerprint density at radius 2 is 2.05 bits per heavy atom. The van der Waals surface area contributed by atoms with E-state index in [9.17, 15) is 4.79 Å². The second kappa shape index (κ2) is 6.22. The van der Waals surface area contributed by atoms with Crippen LogP contribution in [0.1, 0.15) is 21.2 Å². The molecule has 2 N–H and O–H groups in total. The monoisotopic (exact) mass is 318 g/mol. The molecule has 5 heteroatoms. The van der Waals surface area contributed by atoms with Crippen molar-refractivity contribution in [2.24, 2.45) is 5.73 Å². The Balaban J connectivity index is 1.78. The standard InChI is InChI=1S/C16H18N2OS2/c1-20-14-7-8-21-15(14)16(19)18-9-12(13(17)10-18)11-5-3-2-4-6-11/h2-8,12-13H,9-10,17H2,1H3/t12-,13+/m0/s1. The molecule has 1 aromatic carbocycles. The Bertz CT molecular complexity index is 626. The van der Waals surface area contributed by atoms with Crippen LogP contribution in [0.4, 0.5) is 0 Å². The van der Waals surface area contributed by atoms with Crippen LogP contribution in [-0.2, 0) is 0 Å². The topological polar surface area (TPSA) is 46.3 Å². The summed E-state index contributed by atoms with van der Waals surface area (Å²) in [5.74, 6) is 0.344. The average Bonchev–Trinajstić information content (AvgIpc) is 3.13. The number of rotatable bonds is 3. The molecular formula is C16H18N2OS2. The third kappa shape index (κ3) is 2.86. The van der Waals surface area contributed by atoms with Gasteiger partial charge in [-0.05, 0) is 23.3 Å². The lowest BCUT2D eigenvalue weighted by Crippen LogP contribution is -2.32. The van der Waals surface area contributed by atoms with Crippen molar-refractivity contribution in [1.29, 1.82) is 0 Å². The Hall–Kier alpha value is -1.30. The van der Waals surface area contributed by atoms with Gasteiger partial charge in [0.1, 0.15) is 4.88 Å². The van der Waals surface area contributed by atoms with E-state index in [-0.39, 0.29) is 17.9 Å². The normalized spacial score (nSPS) is 21.7. The van der Waals surface area contributed by atoms with Gasteiger partial charge in [0.05, 0.1) is 0 Å². The second-order valence-electron chi connectivity index (χ2n) is 5.21. The minimum atomic E-state index is 0.00837. The summed E-state index contributed by atoms with van der Waals surface area (Å²) < 4.78 is 0. The van der Waals surface area contributed by atoms with E-state index in [1.54, 1.807) is 11.8 Å². The Kier molecular flexibility index (Phi) is 4.33. The summed E-state index contributed by atoms with van der Waals surface area (Å²) >= 11 is 3.13. The van der Waals surface area contributed by atoms with Gasteiger partial charge in [-0.15, -0.1) is 23.1 Å². The van der Waals surface area contributed by atoms with Gasteiger partial charge in [-0.1, -0.05) is 30.3 Å². The number of likely N-dealkylation sites (tertiary alicyclic amines) is 1. The van der Waals surface area contributed by atoms with Crippen LogP contribution in [-0.4, -0.2) is 36.2 Å². The van der Waals surface area contributed by atoms with Gasteiger partial charge >= 0.3 is 0 Å². The van der Waals surface area contributed by atoms with Gasteiger partial charge in [-0.2, -0.15) is 0 Å². The number of nitrogens with zero attached hydrogens (tertiary/aromatic N) is 1. The van der Waals surface area contributed by atoms with Crippen LogP contribution >= 0.6 is 23.1 Å². The predicted molar refractivity (Wildman–Crippen MR) is 89.2 cm³/mol. The fourth-order valence-corrected chi connectivity index (χ4v) is 4.52. The molecule has 3 nitrogen and oxygen atoms in total. The lowest BCUT2D eigenvalue weighted by molar-refractivity contribution is 0.0791. The van der Waals surface area contributed by atoms with Crippen molar-refractivity contribution in [3.05, 3.63) is 52.2 Å². The molecule has 0 spiro atoms. The van der Waals surface area contributed by atoms with Crippen LogP contribution in [0.15, 0.2) is 46.7 Å². The molecule has 2 atom stereocenters. The van der Waals surface area contributed by atoms with Crippen LogP contribution in [0, 0.1) is 0 Å². The summed E-state index contributed by atoms with van der Waals surface area (Å²) in [6, 6.07) is 12.3. The summed E-state index contributed by atoms with van der Waals surface area (Å²) in [7, 11) is 0. The average molecular weight is 318 g/mol. The number of hydrogen-bond acceptors (Lipinski definition) is 4. The highest BCUT2D eigenvalue weighted by atomic mass is 32.2. The SMILES string of the molecule is CSc1ccsc1C(=O)N1C[C@@H](N)[C@H](c2ccccc2)C1. The Morgan fingerprint density at radius 3 is 2.76 bits per heavy atom. The Morgan fingerprint density at radius 1 is 1.29 bits per heavy atom. The van der Waals surface area contributed by atoms with Crippen LogP contribution in [0.5, 0.6) is 0 Å². The van der Waals surface area contributed by atoms with Gasteiger partial charge in [0.15, 0.2) is 0 Å². The van der Waals surface area contributed by atoms with Gasteiger partial charge in [0, 0.05) is 29.9 Å². The quantitative estimate of drug-likeness (QED) is 0.885. The predicted octanol–water partition coefficient (Wildman–Crippen LogP) is 3.04. The van der Waals surface area contributed by atoms with E-state index in [2.05, 4.69) is 12.1 Å². The highest BCUT2D eigenvalue weighted by Gasteiger charge is 2.35. The second-order valence-corrected chi connectivity index (χ2v) is 6.97. The van der Waals surface area contributed by atoms with Gasteiger partial charge < -0.3 is 10.6 Å². The molecule has 1 aliphatic heterocycles. The van der Waals surface area contributed by atoms with E-state index in [1.165, 1.54) is 16.9 Å². The maximum Gasteiger partial charge on any atom is 0.265 e. The summed E-state index contributed by atoms with van der Waals surface area (Å²) in [4.78, 5) is 16.5. The number of carbonyl (C=O) groups excluding carboxylic acids is 1. The van der Waals surface area contributed by atoms with Crippen molar-refractivity contribution in [2.75, 3.05) is 19.3 Å². The number of nitrogens with two attached hydrogens (primary N) is 1. The molecule has 110 valence electrons. The van der Waals surface area contributed by atoms with E-state index < -0.39 is 0 Å². The first kappa shape index (κ1) is 14.6. The number of thiophene rings is 1. The first-order valence-electron chi connectivity index (χ1n) is 6.92. The van der Waals surface area contributed by atoms with E-state index in [4.69, 9.17) is 5.73 Å². The minimum absolute atomic E-state index is 0.00837. The first-order chi connectivity index (χ1) is 10.2. The fraction of sp³-hybridized carbons (Fsp3) is 0.312. The molecule has 21 heavy (non-hydrogen) atoms. The van der Waals surface area contributed by atoms with E-state index >= 15 is 0 Å². The van der Waals surface area contributed by atoms with Crippen molar-refractivity contribution in [2.45, 2.75) is 16.9 Å². The maximum atomic E-state index is 12.7. The fourth-order valence-electron chi connectivity index (χ4n) is 2.81. The smallest absolute Gasteiger partial charge is 0.265 e. The molecule has 1 fully saturated rings. The zero-order valence-electron chi connectivity index (χ0n) is 11.9. The summed E-state index contributed by atoms with van der Waals surface area (Å²) in [6.07, 6.45) is 2.00. The maximum absolute atomic E-state index is 12.7. The van der Waals surface area contributed by atoms with Crippen molar-refractivity contribution < 1.29 is 4.79 Å². The van der Waals surface area contributed by atoms with E-state index in [0.717, 1.165) is 9.77 Å². The zero-order chi connectivity index (χ0) is 14.8. The molecule has 2 heterocycles. The molecule has 3 rings (SSSR count). The van der Waals surface area contributed by atoms with Crippen LogP contribution in [0.3, 0.4) is 0 Å². The molecule has 1 saturated heterocycles. The van der Waals surface area contributed by atoms with Crippen molar-refractivity contribution in [3.8, 4) is 0 Å². The summed E-state index contributed by atoms with van der Waals surface area (Å²) in [5, 5.41) is 1.98. The van der Waals surface area contributed by atoms with Gasteiger partial charge in [0.2, 0.25) is 0 Å². The third-order valence-corrected chi connectivity index (χ3v) is 5.73. The van der Waals surface area contributed by atoms with Crippen molar-refractivity contribution in [1.82, 2.24) is 4.90 Å². The van der Waals surface area contributed by atoms with Crippen LogP contribution in [0.2, 0.25) is 0 Å². The number of amides is 1. The molecule has 0 saturated carbocycles. The highest BCUT2D eigenvalue weighted by Crippen LogP contribution is 2.31. The van der Waals surface area contributed by atoms with E-state index in [0.29, 0.717) is 13.1 Å². The molecule has 0 aliphatic carbocycles. The van der Waals surface area contributed by atoms with Gasteiger partial charge in [-0.3, -0.25) is 4.79 Å². The summed E-state index contributed by atoms with van der Waals surface area (Å²) in [6.45, 7) is 1.33. The number of hydrogen-bond donors (Lipinski definition) is 1. The van der Waals surface area contributed by atoms with Gasteiger partial charge in [0.25, 0.3) is 5.91 Å². The number of carbonyl (C=O) groups is 1. The number of benzene rings is 1. The highest BCUT2D eigenvalue weighted by molar-refractivity contribution is 7.98.